The topological polar surface area (TPSA) is 12.9 Å². The molecule has 0 saturated heterocycles. The van der Waals surface area contributed by atoms with E-state index in [1.54, 1.807) is 0 Å². The molecule has 8 aromatic carbocycles. The second kappa shape index (κ2) is 13.6. The largest absolute Gasteiger partial charge is 0.263 e. The van der Waals surface area contributed by atoms with E-state index in [0.29, 0.717) is 0 Å². The predicted octanol–water partition coefficient (Wildman–Crippen LogP) is 15.8. The van der Waals surface area contributed by atoms with Gasteiger partial charge in [-0.25, -0.2) is 0 Å². The summed E-state index contributed by atoms with van der Waals surface area (Å²) in [7, 11) is 0. The van der Waals surface area contributed by atoms with E-state index in [1.165, 1.54) is 84.9 Å². The van der Waals surface area contributed by atoms with Gasteiger partial charge in [0.05, 0.1) is 0 Å². The summed E-state index contributed by atoms with van der Waals surface area (Å²) in [6.45, 7) is 0. The molecule has 262 valence electrons. The maximum Gasteiger partial charge on any atom is 0.0433 e. The summed E-state index contributed by atoms with van der Waals surface area (Å²) in [5, 5.41) is 5.30. The Labute approximate surface area is 333 Å². The summed E-state index contributed by atoms with van der Waals surface area (Å²) in [5.74, 6) is 0. The standard InChI is InChI=1S/C53H33NS2/c1-3-25-50-46(19-1)48-23-9-21-44(52(48)55-50)40-17-7-13-36(29-40)34-11-5-15-38(27-34)42-31-43(33-54-32-42)39-16-6-12-35(28-39)37-14-8-18-41(30-37)45-22-10-24-49-47-20-2-4-26-51(47)56-53(45)49/h1-33H. The number of hydrogen-bond acceptors (Lipinski definition) is 3. The summed E-state index contributed by atoms with van der Waals surface area (Å²) in [6, 6.07) is 68.6. The van der Waals surface area contributed by atoms with Crippen LogP contribution in [0.3, 0.4) is 0 Å². The van der Waals surface area contributed by atoms with Crippen molar-refractivity contribution in [3.8, 4) is 66.8 Å². The third-order valence-corrected chi connectivity index (χ3v) is 13.4. The minimum Gasteiger partial charge on any atom is -0.263 e. The lowest BCUT2D eigenvalue weighted by Crippen LogP contribution is -1.87. The zero-order valence-corrected chi connectivity index (χ0v) is 31.9. The monoisotopic (exact) mass is 747 g/mol. The molecule has 0 radical (unpaired) electrons. The van der Waals surface area contributed by atoms with Gasteiger partial charge in [-0.3, -0.25) is 4.98 Å². The Bertz CT molecular complexity index is 3060. The highest BCUT2D eigenvalue weighted by atomic mass is 32.1. The fourth-order valence-electron chi connectivity index (χ4n) is 8.19. The van der Waals surface area contributed by atoms with Gasteiger partial charge in [0, 0.05) is 63.9 Å². The van der Waals surface area contributed by atoms with E-state index in [-0.39, 0.29) is 0 Å². The normalized spacial score (nSPS) is 11.6. The van der Waals surface area contributed by atoms with E-state index in [9.17, 15) is 0 Å². The predicted molar refractivity (Wildman–Crippen MR) is 243 cm³/mol. The average molecular weight is 748 g/mol. The van der Waals surface area contributed by atoms with Gasteiger partial charge >= 0.3 is 0 Å². The Hall–Kier alpha value is -6.65. The third kappa shape index (κ3) is 5.72. The summed E-state index contributed by atoms with van der Waals surface area (Å²) in [5.41, 5.74) is 14.3. The molecular formula is C53H33NS2. The first-order valence-electron chi connectivity index (χ1n) is 18.9. The first-order chi connectivity index (χ1) is 27.7. The number of thiophene rings is 2. The molecule has 56 heavy (non-hydrogen) atoms. The Morgan fingerprint density at radius 2 is 0.589 bits per heavy atom. The number of benzene rings is 8. The van der Waals surface area contributed by atoms with Crippen molar-refractivity contribution in [2.45, 2.75) is 0 Å². The van der Waals surface area contributed by atoms with Crippen molar-refractivity contribution in [2.75, 3.05) is 0 Å². The molecule has 0 aliphatic heterocycles. The number of nitrogens with zero attached hydrogens (tertiary/aromatic N) is 1. The molecule has 0 amide bonds. The number of rotatable bonds is 6. The minimum atomic E-state index is 1.10. The van der Waals surface area contributed by atoms with Gasteiger partial charge in [-0.05, 0) is 98.1 Å². The molecule has 3 heteroatoms. The van der Waals surface area contributed by atoms with Crippen LogP contribution in [-0.2, 0) is 0 Å². The molecule has 0 aliphatic carbocycles. The lowest BCUT2D eigenvalue weighted by Gasteiger charge is -2.11. The Morgan fingerprint density at radius 1 is 0.268 bits per heavy atom. The lowest BCUT2D eigenvalue weighted by molar-refractivity contribution is 1.33. The van der Waals surface area contributed by atoms with Crippen molar-refractivity contribution < 1.29 is 0 Å². The molecule has 0 N–H and O–H groups in total. The molecule has 0 aliphatic rings. The summed E-state index contributed by atoms with van der Waals surface area (Å²) in [4.78, 5) is 4.75. The summed E-state index contributed by atoms with van der Waals surface area (Å²) < 4.78 is 5.33. The van der Waals surface area contributed by atoms with E-state index >= 15 is 0 Å². The zero-order valence-electron chi connectivity index (χ0n) is 30.3. The molecule has 11 aromatic rings. The Morgan fingerprint density at radius 3 is 1.04 bits per heavy atom. The Kier molecular flexibility index (Phi) is 7.94. The highest BCUT2D eigenvalue weighted by molar-refractivity contribution is 7.26. The van der Waals surface area contributed by atoms with Crippen LogP contribution in [0.15, 0.2) is 200 Å². The van der Waals surface area contributed by atoms with Gasteiger partial charge in [-0.1, -0.05) is 146 Å². The van der Waals surface area contributed by atoms with Gasteiger partial charge in [0.15, 0.2) is 0 Å². The molecule has 3 aromatic heterocycles. The number of pyridine rings is 1. The quantitative estimate of drug-likeness (QED) is 0.165. The second-order valence-corrected chi connectivity index (χ2v) is 16.5. The van der Waals surface area contributed by atoms with E-state index < -0.39 is 0 Å². The van der Waals surface area contributed by atoms with Crippen molar-refractivity contribution in [1.82, 2.24) is 4.98 Å². The van der Waals surface area contributed by atoms with E-state index in [2.05, 4.69) is 188 Å². The number of hydrogen-bond donors (Lipinski definition) is 0. The second-order valence-electron chi connectivity index (χ2n) is 14.3. The van der Waals surface area contributed by atoms with Gasteiger partial charge in [-0.2, -0.15) is 0 Å². The maximum absolute atomic E-state index is 4.75. The smallest absolute Gasteiger partial charge is 0.0433 e. The van der Waals surface area contributed by atoms with Crippen LogP contribution in [0.1, 0.15) is 0 Å². The summed E-state index contributed by atoms with van der Waals surface area (Å²) in [6.07, 6.45) is 3.95. The fraction of sp³-hybridized carbons (Fsp3) is 0. The van der Waals surface area contributed by atoms with Crippen molar-refractivity contribution in [3.05, 3.63) is 200 Å². The third-order valence-electron chi connectivity index (χ3n) is 11.0. The molecule has 11 rings (SSSR count). The van der Waals surface area contributed by atoms with Crippen molar-refractivity contribution in [2.24, 2.45) is 0 Å². The average Bonchev–Trinajstić information content (AvgIpc) is 3.86. The molecule has 0 bridgehead atoms. The highest BCUT2D eigenvalue weighted by Crippen LogP contribution is 2.42. The van der Waals surface area contributed by atoms with Crippen LogP contribution in [0.2, 0.25) is 0 Å². The van der Waals surface area contributed by atoms with Crippen LogP contribution in [-0.4, -0.2) is 4.98 Å². The van der Waals surface area contributed by atoms with Gasteiger partial charge in [0.1, 0.15) is 0 Å². The van der Waals surface area contributed by atoms with Crippen LogP contribution in [0.25, 0.3) is 107 Å². The fourth-order valence-corrected chi connectivity index (χ4v) is 10.7. The van der Waals surface area contributed by atoms with Crippen molar-refractivity contribution >= 4 is 63.0 Å². The summed E-state index contributed by atoms with van der Waals surface area (Å²) >= 11 is 3.75. The van der Waals surface area contributed by atoms with Crippen molar-refractivity contribution in [3.63, 3.8) is 0 Å². The molecule has 3 heterocycles. The minimum absolute atomic E-state index is 1.10. The highest BCUT2D eigenvalue weighted by Gasteiger charge is 2.14. The van der Waals surface area contributed by atoms with Crippen molar-refractivity contribution in [1.29, 1.82) is 0 Å². The van der Waals surface area contributed by atoms with Gasteiger partial charge in [-0.15, -0.1) is 22.7 Å². The molecule has 0 fully saturated rings. The maximum atomic E-state index is 4.75. The lowest BCUT2D eigenvalue weighted by atomic mass is 9.94. The van der Waals surface area contributed by atoms with E-state index in [1.807, 2.05) is 35.1 Å². The number of fused-ring (bicyclic) bond motifs is 6. The molecule has 0 unspecified atom stereocenters. The molecular weight excluding hydrogens is 715 g/mol. The zero-order chi connectivity index (χ0) is 37.0. The first kappa shape index (κ1) is 32.8. The molecule has 0 spiro atoms. The first-order valence-corrected chi connectivity index (χ1v) is 20.5. The molecule has 0 atom stereocenters. The van der Waals surface area contributed by atoms with Crippen LogP contribution < -0.4 is 0 Å². The molecule has 1 nitrogen and oxygen atoms in total. The SMILES string of the molecule is c1cc(-c2cncc(-c3cccc(-c4cccc(-c5cccc6c5sc5ccccc56)c4)c3)c2)cc(-c2cccc(-c3cccc4c3sc3ccccc34)c2)c1. The van der Waals surface area contributed by atoms with Crippen LogP contribution in [0, 0.1) is 0 Å². The van der Waals surface area contributed by atoms with E-state index in [4.69, 9.17) is 4.98 Å². The number of aromatic nitrogens is 1. The van der Waals surface area contributed by atoms with Gasteiger partial charge in [0.25, 0.3) is 0 Å². The van der Waals surface area contributed by atoms with Gasteiger partial charge in [0.2, 0.25) is 0 Å². The van der Waals surface area contributed by atoms with E-state index in [0.717, 1.165) is 22.3 Å². The van der Waals surface area contributed by atoms with Crippen LogP contribution in [0.5, 0.6) is 0 Å². The Balaban J connectivity index is 0.907. The van der Waals surface area contributed by atoms with Gasteiger partial charge < -0.3 is 0 Å². The molecule has 0 saturated carbocycles. The van der Waals surface area contributed by atoms with Crippen LogP contribution in [0.4, 0.5) is 0 Å². The van der Waals surface area contributed by atoms with Crippen LogP contribution >= 0.6 is 22.7 Å².